The van der Waals surface area contributed by atoms with Gasteiger partial charge in [0.25, 0.3) is 0 Å². The van der Waals surface area contributed by atoms with E-state index in [1.807, 2.05) is 18.2 Å². The molecule has 0 bridgehead atoms. The lowest BCUT2D eigenvalue weighted by molar-refractivity contribution is 0.363. The molecule has 0 aliphatic heterocycles. The summed E-state index contributed by atoms with van der Waals surface area (Å²) in [6, 6.07) is 8.21. The van der Waals surface area contributed by atoms with Crippen LogP contribution < -0.4 is 10.1 Å². The van der Waals surface area contributed by atoms with Crippen LogP contribution in [0.3, 0.4) is 0 Å². The highest BCUT2D eigenvalue weighted by Gasteiger charge is 2.17. The predicted molar refractivity (Wildman–Crippen MR) is 74.8 cm³/mol. The highest BCUT2D eigenvalue weighted by molar-refractivity contribution is 5.53. The van der Waals surface area contributed by atoms with Crippen LogP contribution in [0.4, 0.5) is 5.69 Å². The maximum Gasteiger partial charge on any atom is 0.119 e. The van der Waals surface area contributed by atoms with Gasteiger partial charge in [0.2, 0.25) is 0 Å². The molecule has 1 aromatic rings. The molecule has 0 spiro atoms. The molecule has 0 amide bonds. The van der Waals surface area contributed by atoms with E-state index in [1.54, 1.807) is 7.11 Å². The first-order chi connectivity index (χ1) is 8.48. The van der Waals surface area contributed by atoms with Crippen LogP contribution in [0.2, 0.25) is 0 Å². The molecule has 0 saturated carbocycles. The van der Waals surface area contributed by atoms with Crippen LogP contribution in [0.5, 0.6) is 5.75 Å². The van der Waals surface area contributed by atoms with E-state index in [1.165, 1.54) is 5.56 Å². The van der Waals surface area contributed by atoms with Gasteiger partial charge in [0.05, 0.1) is 13.2 Å². The molecule has 0 unspecified atom stereocenters. The highest BCUT2D eigenvalue weighted by atomic mass is 16.5. The van der Waals surface area contributed by atoms with Crippen molar-refractivity contribution in [2.45, 2.75) is 33.6 Å². The smallest absolute Gasteiger partial charge is 0.119 e. The summed E-state index contributed by atoms with van der Waals surface area (Å²) in [7, 11) is 1.67. The normalized spacial score (nSPS) is 10.8. The number of hydrogen-bond donors (Lipinski definition) is 1. The minimum absolute atomic E-state index is 0.127. The third kappa shape index (κ3) is 4.29. The van der Waals surface area contributed by atoms with E-state index in [0.29, 0.717) is 6.42 Å². The second-order valence-corrected chi connectivity index (χ2v) is 5.36. The number of rotatable bonds is 6. The van der Waals surface area contributed by atoms with Crippen LogP contribution >= 0.6 is 0 Å². The van der Waals surface area contributed by atoms with Crippen molar-refractivity contribution >= 4 is 5.69 Å². The summed E-state index contributed by atoms with van der Waals surface area (Å²) < 4.78 is 5.18. The van der Waals surface area contributed by atoms with Crippen LogP contribution in [0, 0.1) is 23.7 Å². The van der Waals surface area contributed by atoms with Crippen molar-refractivity contribution in [2.24, 2.45) is 5.41 Å². The van der Waals surface area contributed by atoms with E-state index in [-0.39, 0.29) is 5.41 Å². The lowest BCUT2D eigenvalue weighted by Gasteiger charge is -2.25. The Morgan fingerprint density at radius 1 is 1.39 bits per heavy atom. The van der Waals surface area contributed by atoms with Gasteiger partial charge in [-0.1, -0.05) is 13.8 Å². The molecule has 0 aliphatic rings. The van der Waals surface area contributed by atoms with Gasteiger partial charge in [0, 0.05) is 18.7 Å². The summed E-state index contributed by atoms with van der Waals surface area (Å²) in [5.41, 5.74) is 2.42. The molecule has 1 rings (SSSR count). The first kappa shape index (κ1) is 14.4. The predicted octanol–water partition coefficient (Wildman–Crippen LogP) is 3.75. The van der Waals surface area contributed by atoms with E-state index >= 15 is 0 Å². The van der Waals surface area contributed by atoms with Gasteiger partial charge in [-0.25, -0.2) is 0 Å². The number of benzene rings is 1. The molecular formula is C15H22N2O. The lowest BCUT2D eigenvalue weighted by Crippen LogP contribution is -2.23. The summed E-state index contributed by atoms with van der Waals surface area (Å²) in [6.45, 7) is 7.28. The number of methoxy groups -OCH3 is 1. The standard InChI is InChI=1S/C15H22N2O/c1-12-10-13(18-4)6-7-14(12)17-11-15(2,3)8-5-9-16/h6-7,10,17H,5,8,11H2,1-4H3. The Bertz CT molecular complexity index is 433. The van der Waals surface area contributed by atoms with Crippen molar-refractivity contribution in [2.75, 3.05) is 19.0 Å². The monoisotopic (exact) mass is 246 g/mol. The molecular weight excluding hydrogens is 224 g/mol. The zero-order chi connectivity index (χ0) is 13.6. The average molecular weight is 246 g/mol. The molecule has 0 aliphatic carbocycles. The summed E-state index contributed by atoms with van der Waals surface area (Å²) in [5.74, 6) is 0.877. The fraction of sp³-hybridized carbons (Fsp3) is 0.533. The minimum Gasteiger partial charge on any atom is -0.497 e. The molecule has 98 valence electrons. The first-order valence-corrected chi connectivity index (χ1v) is 6.24. The van der Waals surface area contributed by atoms with Gasteiger partial charge in [0.15, 0.2) is 0 Å². The van der Waals surface area contributed by atoms with E-state index in [4.69, 9.17) is 10.00 Å². The van der Waals surface area contributed by atoms with E-state index in [9.17, 15) is 0 Å². The zero-order valence-corrected chi connectivity index (χ0v) is 11.7. The lowest BCUT2D eigenvalue weighted by atomic mass is 9.88. The Morgan fingerprint density at radius 2 is 2.11 bits per heavy atom. The topological polar surface area (TPSA) is 45.0 Å². The number of nitriles is 1. The molecule has 0 saturated heterocycles. The largest absolute Gasteiger partial charge is 0.497 e. The number of ether oxygens (including phenoxy) is 1. The molecule has 3 heteroatoms. The van der Waals surface area contributed by atoms with Gasteiger partial charge in [0.1, 0.15) is 5.75 Å². The van der Waals surface area contributed by atoms with Crippen molar-refractivity contribution in [3.63, 3.8) is 0 Å². The summed E-state index contributed by atoms with van der Waals surface area (Å²) in [5, 5.41) is 12.1. The third-order valence-electron chi connectivity index (χ3n) is 3.10. The van der Waals surface area contributed by atoms with Gasteiger partial charge in [-0.3, -0.25) is 0 Å². The van der Waals surface area contributed by atoms with E-state index in [0.717, 1.165) is 24.4 Å². The van der Waals surface area contributed by atoms with Crippen molar-refractivity contribution in [3.8, 4) is 11.8 Å². The van der Waals surface area contributed by atoms with Crippen molar-refractivity contribution in [1.29, 1.82) is 5.26 Å². The van der Waals surface area contributed by atoms with Gasteiger partial charge in [-0.2, -0.15) is 5.26 Å². The Hall–Kier alpha value is -1.69. The van der Waals surface area contributed by atoms with Gasteiger partial charge in [-0.15, -0.1) is 0 Å². The molecule has 1 N–H and O–H groups in total. The number of anilines is 1. The molecule has 18 heavy (non-hydrogen) atoms. The maximum absolute atomic E-state index is 8.63. The van der Waals surface area contributed by atoms with Gasteiger partial charge < -0.3 is 10.1 Å². The van der Waals surface area contributed by atoms with Crippen LogP contribution in [0.1, 0.15) is 32.3 Å². The molecule has 0 radical (unpaired) electrons. The Balaban J connectivity index is 2.61. The van der Waals surface area contributed by atoms with Crippen molar-refractivity contribution < 1.29 is 4.74 Å². The second-order valence-electron chi connectivity index (χ2n) is 5.36. The highest BCUT2D eigenvalue weighted by Crippen LogP contribution is 2.25. The number of nitrogens with zero attached hydrogens (tertiary/aromatic N) is 1. The average Bonchev–Trinajstić information content (AvgIpc) is 2.35. The third-order valence-corrected chi connectivity index (χ3v) is 3.10. The van der Waals surface area contributed by atoms with Gasteiger partial charge >= 0.3 is 0 Å². The van der Waals surface area contributed by atoms with Crippen molar-refractivity contribution in [3.05, 3.63) is 23.8 Å². The molecule has 0 aromatic heterocycles. The quantitative estimate of drug-likeness (QED) is 0.831. The fourth-order valence-corrected chi connectivity index (χ4v) is 1.78. The summed E-state index contributed by atoms with van der Waals surface area (Å²) >= 11 is 0. The molecule has 0 atom stereocenters. The molecule has 0 fully saturated rings. The van der Waals surface area contributed by atoms with E-state index in [2.05, 4.69) is 32.2 Å². The Kier molecular flexibility index (Phi) is 5.03. The maximum atomic E-state index is 8.63. The molecule has 3 nitrogen and oxygen atoms in total. The summed E-state index contributed by atoms with van der Waals surface area (Å²) in [6.07, 6.45) is 1.52. The van der Waals surface area contributed by atoms with E-state index < -0.39 is 0 Å². The summed E-state index contributed by atoms with van der Waals surface area (Å²) in [4.78, 5) is 0. The SMILES string of the molecule is COc1ccc(NCC(C)(C)CCC#N)c(C)c1. The minimum atomic E-state index is 0.127. The van der Waals surface area contributed by atoms with Crippen LogP contribution in [-0.4, -0.2) is 13.7 Å². The van der Waals surface area contributed by atoms with Crippen LogP contribution in [0.25, 0.3) is 0 Å². The number of hydrogen-bond acceptors (Lipinski definition) is 3. The Labute approximate surface area is 110 Å². The van der Waals surface area contributed by atoms with Crippen LogP contribution in [0.15, 0.2) is 18.2 Å². The zero-order valence-electron chi connectivity index (χ0n) is 11.7. The molecule has 1 aromatic carbocycles. The second kappa shape index (κ2) is 6.30. The number of nitrogens with one attached hydrogen (secondary N) is 1. The molecule has 0 heterocycles. The van der Waals surface area contributed by atoms with Crippen molar-refractivity contribution in [1.82, 2.24) is 0 Å². The fourth-order valence-electron chi connectivity index (χ4n) is 1.78. The Morgan fingerprint density at radius 3 is 2.67 bits per heavy atom. The number of aryl methyl sites for hydroxylation is 1. The van der Waals surface area contributed by atoms with Gasteiger partial charge in [-0.05, 0) is 42.5 Å². The van der Waals surface area contributed by atoms with Crippen LogP contribution in [-0.2, 0) is 0 Å². The first-order valence-electron chi connectivity index (χ1n) is 6.24.